The van der Waals surface area contributed by atoms with Gasteiger partial charge in [0.05, 0.1) is 6.04 Å². The monoisotopic (exact) mass is 396 g/mol. The normalized spacial score (nSPS) is 28.2. The Morgan fingerprint density at radius 1 is 0.929 bits per heavy atom. The van der Waals surface area contributed by atoms with Gasteiger partial charge in [-0.1, -0.05) is 54.6 Å². The van der Waals surface area contributed by atoms with Crippen molar-refractivity contribution in [3.05, 3.63) is 71.3 Å². The molecule has 2 aromatic carbocycles. The third-order valence-electron chi connectivity index (χ3n) is 6.48. The van der Waals surface area contributed by atoms with E-state index in [9.17, 15) is 4.79 Å². The SMILES string of the molecule is O=C(O[C@H]1CN2CCC1CC2)N1CCc2ccccc2[C@@H]1c1ccccc1.S. The molecule has 2 atom stereocenters. The molecule has 4 aliphatic heterocycles. The lowest BCUT2D eigenvalue weighted by atomic mass is 9.86. The van der Waals surface area contributed by atoms with Crippen LogP contribution in [0, 0.1) is 5.92 Å². The smallest absolute Gasteiger partial charge is 0.410 e. The Bertz CT molecular complexity index is 820. The number of fused-ring (bicyclic) bond motifs is 4. The van der Waals surface area contributed by atoms with Gasteiger partial charge in [0.15, 0.2) is 0 Å². The van der Waals surface area contributed by atoms with Gasteiger partial charge in [-0.25, -0.2) is 4.79 Å². The van der Waals surface area contributed by atoms with Crippen molar-refractivity contribution in [2.75, 3.05) is 26.2 Å². The zero-order valence-electron chi connectivity index (χ0n) is 16.1. The number of hydrogen-bond donors (Lipinski definition) is 0. The summed E-state index contributed by atoms with van der Waals surface area (Å²) in [5.74, 6) is 0.534. The third-order valence-corrected chi connectivity index (χ3v) is 6.48. The Balaban J connectivity index is 0.00000192. The fourth-order valence-electron chi connectivity index (χ4n) is 5.00. The van der Waals surface area contributed by atoms with Crippen LogP contribution in [0.15, 0.2) is 54.6 Å². The molecule has 6 rings (SSSR count). The Morgan fingerprint density at radius 3 is 2.36 bits per heavy atom. The molecule has 1 amide bonds. The quantitative estimate of drug-likeness (QED) is 0.770. The van der Waals surface area contributed by atoms with Crippen LogP contribution >= 0.6 is 13.5 Å². The Hall–Kier alpha value is -1.98. The van der Waals surface area contributed by atoms with Gasteiger partial charge in [0.2, 0.25) is 0 Å². The summed E-state index contributed by atoms with van der Waals surface area (Å²) in [5, 5.41) is 0. The standard InChI is InChI=1S/C23H26N2O2.H2S/c26-23(27-21-16-24-13-10-18(21)11-14-24)25-15-12-17-6-4-5-9-20(17)22(25)19-7-2-1-3-8-19;/h1-9,18,21-22H,10-16H2;1H2/t21-,22-;/m0./s1. The number of nitrogens with zero attached hydrogens (tertiary/aromatic N) is 2. The minimum absolute atomic E-state index is 0. The fourth-order valence-corrected chi connectivity index (χ4v) is 5.00. The van der Waals surface area contributed by atoms with E-state index in [0.29, 0.717) is 12.5 Å². The lowest BCUT2D eigenvalue weighted by Gasteiger charge is -2.45. The van der Waals surface area contributed by atoms with Crippen molar-refractivity contribution in [3.8, 4) is 0 Å². The summed E-state index contributed by atoms with van der Waals surface area (Å²) in [6, 6.07) is 18.8. The molecule has 148 valence electrons. The molecule has 3 saturated heterocycles. The highest BCUT2D eigenvalue weighted by Crippen LogP contribution is 2.36. The lowest BCUT2D eigenvalue weighted by Crippen LogP contribution is -2.53. The van der Waals surface area contributed by atoms with E-state index in [1.54, 1.807) is 0 Å². The van der Waals surface area contributed by atoms with Gasteiger partial charge in [-0.15, -0.1) is 0 Å². The maximum absolute atomic E-state index is 13.2. The molecule has 5 heteroatoms. The van der Waals surface area contributed by atoms with Gasteiger partial charge in [-0.05, 0) is 55.0 Å². The summed E-state index contributed by atoms with van der Waals surface area (Å²) < 4.78 is 6.08. The highest BCUT2D eigenvalue weighted by atomic mass is 32.1. The fraction of sp³-hybridized carbons (Fsp3) is 0.435. The van der Waals surface area contributed by atoms with Crippen molar-refractivity contribution in [2.45, 2.75) is 31.4 Å². The summed E-state index contributed by atoms with van der Waals surface area (Å²) in [6.45, 7) is 3.91. The molecule has 0 spiro atoms. The largest absolute Gasteiger partial charge is 0.444 e. The highest BCUT2D eigenvalue weighted by Gasteiger charge is 2.39. The van der Waals surface area contributed by atoms with Crippen molar-refractivity contribution in [3.63, 3.8) is 0 Å². The van der Waals surface area contributed by atoms with E-state index in [-0.39, 0.29) is 31.7 Å². The number of carbonyl (C=O) groups is 1. The molecule has 0 N–H and O–H groups in total. The highest BCUT2D eigenvalue weighted by molar-refractivity contribution is 7.59. The molecular formula is C23H28N2O2S. The first-order valence-electron chi connectivity index (χ1n) is 10.1. The van der Waals surface area contributed by atoms with Crippen LogP contribution in [0.2, 0.25) is 0 Å². The zero-order chi connectivity index (χ0) is 18.2. The molecule has 3 fully saturated rings. The topological polar surface area (TPSA) is 32.8 Å². The van der Waals surface area contributed by atoms with Crippen LogP contribution in [0.5, 0.6) is 0 Å². The van der Waals surface area contributed by atoms with Gasteiger partial charge >= 0.3 is 6.09 Å². The number of benzene rings is 2. The van der Waals surface area contributed by atoms with E-state index in [1.165, 1.54) is 11.1 Å². The van der Waals surface area contributed by atoms with E-state index in [4.69, 9.17) is 4.74 Å². The zero-order valence-corrected chi connectivity index (χ0v) is 17.1. The molecule has 0 aromatic heterocycles. The van der Waals surface area contributed by atoms with Crippen molar-refractivity contribution < 1.29 is 9.53 Å². The maximum atomic E-state index is 13.2. The molecule has 0 saturated carbocycles. The second-order valence-corrected chi connectivity index (χ2v) is 8.02. The van der Waals surface area contributed by atoms with Crippen molar-refractivity contribution in [1.82, 2.24) is 9.80 Å². The van der Waals surface area contributed by atoms with E-state index >= 15 is 0 Å². The van der Waals surface area contributed by atoms with Crippen LogP contribution in [-0.2, 0) is 11.2 Å². The third kappa shape index (κ3) is 3.53. The van der Waals surface area contributed by atoms with Gasteiger partial charge in [0.1, 0.15) is 6.10 Å². The summed E-state index contributed by atoms with van der Waals surface area (Å²) in [7, 11) is 0. The van der Waals surface area contributed by atoms with Gasteiger partial charge in [0, 0.05) is 13.1 Å². The average molecular weight is 397 g/mol. The Morgan fingerprint density at radius 2 is 1.64 bits per heavy atom. The molecule has 4 aliphatic rings. The second-order valence-electron chi connectivity index (χ2n) is 8.02. The van der Waals surface area contributed by atoms with Crippen molar-refractivity contribution >= 4 is 19.6 Å². The number of amides is 1. The van der Waals surface area contributed by atoms with Gasteiger partial charge in [-0.3, -0.25) is 9.80 Å². The molecule has 0 aliphatic carbocycles. The first kappa shape index (κ1) is 19.3. The number of carbonyl (C=O) groups excluding carboxylic acids is 1. The van der Waals surface area contributed by atoms with Crippen molar-refractivity contribution in [1.29, 1.82) is 0 Å². The molecular weight excluding hydrogens is 368 g/mol. The first-order chi connectivity index (χ1) is 13.3. The van der Waals surface area contributed by atoms with Gasteiger partial charge in [-0.2, -0.15) is 13.5 Å². The average Bonchev–Trinajstić information content (AvgIpc) is 2.74. The lowest BCUT2D eigenvalue weighted by molar-refractivity contribution is -0.0462. The Kier molecular flexibility index (Phi) is 5.65. The predicted octanol–water partition coefficient (Wildman–Crippen LogP) is 3.98. The summed E-state index contributed by atoms with van der Waals surface area (Å²) in [6.07, 6.45) is 3.09. The van der Waals surface area contributed by atoms with Crippen LogP contribution in [-0.4, -0.2) is 48.2 Å². The summed E-state index contributed by atoms with van der Waals surface area (Å²) in [4.78, 5) is 17.6. The van der Waals surface area contributed by atoms with Crippen LogP contribution < -0.4 is 0 Å². The van der Waals surface area contributed by atoms with E-state index in [2.05, 4.69) is 41.3 Å². The van der Waals surface area contributed by atoms with E-state index in [0.717, 1.165) is 44.5 Å². The molecule has 2 bridgehead atoms. The van der Waals surface area contributed by atoms with Crippen molar-refractivity contribution in [2.24, 2.45) is 5.92 Å². The second kappa shape index (κ2) is 8.18. The number of ether oxygens (including phenoxy) is 1. The van der Waals surface area contributed by atoms with E-state index in [1.807, 2.05) is 23.1 Å². The number of hydrogen-bond acceptors (Lipinski definition) is 3. The predicted molar refractivity (Wildman–Crippen MR) is 115 cm³/mol. The first-order valence-corrected chi connectivity index (χ1v) is 10.1. The molecule has 0 radical (unpaired) electrons. The summed E-state index contributed by atoms with van der Waals surface area (Å²) in [5.41, 5.74) is 3.70. The summed E-state index contributed by atoms with van der Waals surface area (Å²) >= 11 is 0. The van der Waals surface area contributed by atoms with Crippen LogP contribution in [0.4, 0.5) is 4.79 Å². The Labute approximate surface area is 173 Å². The van der Waals surface area contributed by atoms with Crippen LogP contribution in [0.25, 0.3) is 0 Å². The van der Waals surface area contributed by atoms with Gasteiger partial charge < -0.3 is 4.74 Å². The maximum Gasteiger partial charge on any atom is 0.410 e. The number of piperidine rings is 3. The van der Waals surface area contributed by atoms with Crippen LogP contribution in [0.3, 0.4) is 0 Å². The molecule has 28 heavy (non-hydrogen) atoms. The minimum atomic E-state index is -0.155. The molecule has 0 unspecified atom stereocenters. The minimum Gasteiger partial charge on any atom is -0.444 e. The number of rotatable bonds is 2. The molecule has 4 nitrogen and oxygen atoms in total. The van der Waals surface area contributed by atoms with Crippen LogP contribution in [0.1, 0.15) is 35.6 Å². The molecule has 4 heterocycles. The van der Waals surface area contributed by atoms with E-state index < -0.39 is 0 Å². The van der Waals surface area contributed by atoms with Gasteiger partial charge in [0.25, 0.3) is 0 Å². The molecule has 2 aromatic rings.